The average Bonchev–Trinajstić information content (AvgIpc) is 3.04. The van der Waals surface area contributed by atoms with Crippen LogP contribution in [0.25, 0.3) is 6.08 Å². The predicted molar refractivity (Wildman–Crippen MR) is 106 cm³/mol. The Morgan fingerprint density at radius 3 is 2.65 bits per heavy atom. The highest BCUT2D eigenvalue weighted by molar-refractivity contribution is 7.16. The average molecular weight is 389 g/mol. The Labute approximate surface area is 162 Å². The quantitative estimate of drug-likeness (QED) is 0.743. The summed E-state index contributed by atoms with van der Waals surface area (Å²) in [7, 11) is 0. The third-order valence-electron chi connectivity index (χ3n) is 4.55. The van der Waals surface area contributed by atoms with Crippen molar-refractivity contribution in [1.82, 2.24) is 9.80 Å². The molecule has 0 spiro atoms. The molecule has 26 heavy (non-hydrogen) atoms. The fourth-order valence-corrected chi connectivity index (χ4v) is 4.31. The van der Waals surface area contributed by atoms with Crippen LogP contribution < -0.4 is 0 Å². The van der Waals surface area contributed by atoms with E-state index in [0.717, 1.165) is 20.3 Å². The van der Waals surface area contributed by atoms with Gasteiger partial charge in [-0.05, 0) is 36.3 Å². The van der Waals surface area contributed by atoms with E-state index in [9.17, 15) is 9.59 Å². The lowest BCUT2D eigenvalue weighted by Crippen LogP contribution is -2.37. The first-order valence-corrected chi connectivity index (χ1v) is 9.77. The van der Waals surface area contributed by atoms with Crippen LogP contribution in [0, 0.1) is 0 Å². The monoisotopic (exact) mass is 388 g/mol. The zero-order valence-electron chi connectivity index (χ0n) is 14.8. The highest BCUT2D eigenvalue weighted by atomic mass is 35.5. The molecule has 2 amide bonds. The van der Waals surface area contributed by atoms with E-state index in [2.05, 4.69) is 0 Å². The van der Waals surface area contributed by atoms with Gasteiger partial charge >= 0.3 is 0 Å². The summed E-state index contributed by atoms with van der Waals surface area (Å²) in [5.41, 5.74) is 2.06. The molecule has 1 atom stereocenters. The number of hydrogen-bond donors (Lipinski definition) is 0. The van der Waals surface area contributed by atoms with E-state index in [4.69, 9.17) is 11.6 Å². The smallest absolute Gasteiger partial charge is 0.225 e. The van der Waals surface area contributed by atoms with Gasteiger partial charge in [-0.1, -0.05) is 35.9 Å². The Morgan fingerprint density at radius 2 is 2.00 bits per heavy atom. The topological polar surface area (TPSA) is 40.6 Å². The lowest BCUT2D eigenvalue weighted by Gasteiger charge is -2.33. The fraction of sp³-hybridized carbons (Fsp3) is 0.300. The van der Waals surface area contributed by atoms with Crippen molar-refractivity contribution < 1.29 is 9.59 Å². The zero-order chi connectivity index (χ0) is 18.7. The number of benzene rings is 1. The Kier molecular flexibility index (Phi) is 5.79. The summed E-state index contributed by atoms with van der Waals surface area (Å²) in [4.78, 5) is 29.5. The van der Waals surface area contributed by atoms with Gasteiger partial charge in [-0.15, -0.1) is 11.3 Å². The Morgan fingerprint density at radius 1 is 1.23 bits per heavy atom. The van der Waals surface area contributed by atoms with E-state index in [-0.39, 0.29) is 24.3 Å². The summed E-state index contributed by atoms with van der Waals surface area (Å²) < 4.78 is 0.720. The van der Waals surface area contributed by atoms with Gasteiger partial charge in [-0.25, -0.2) is 0 Å². The van der Waals surface area contributed by atoms with Crippen LogP contribution in [0.4, 0.5) is 0 Å². The normalized spacial score (nSPS) is 15.7. The maximum atomic E-state index is 13.0. The van der Waals surface area contributed by atoms with Gasteiger partial charge in [0.25, 0.3) is 0 Å². The number of carbonyl (C=O) groups excluding carboxylic acids is 2. The highest BCUT2D eigenvalue weighted by Gasteiger charge is 2.29. The number of rotatable bonds is 5. The van der Waals surface area contributed by atoms with Gasteiger partial charge in [0.2, 0.25) is 11.8 Å². The first kappa shape index (κ1) is 18.7. The summed E-state index contributed by atoms with van der Waals surface area (Å²) in [6, 6.07) is 11.4. The van der Waals surface area contributed by atoms with E-state index in [0.29, 0.717) is 13.1 Å². The number of nitrogens with zero attached hydrogens (tertiary/aromatic N) is 2. The van der Waals surface area contributed by atoms with E-state index in [1.54, 1.807) is 16.0 Å². The van der Waals surface area contributed by atoms with E-state index >= 15 is 0 Å². The lowest BCUT2D eigenvalue weighted by atomic mass is 9.93. The summed E-state index contributed by atoms with van der Waals surface area (Å²) in [5.74, 6) is -0.0417. The third-order valence-corrected chi connectivity index (χ3v) is 5.76. The van der Waals surface area contributed by atoms with Crippen LogP contribution in [0.15, 0.2) is 42.6 Å². The van der Waals surface area contributed by atoms with Gasteiger partial charge in [-0.3, -0.25) is 9.59 Å². The molecule has 1 aromatic carbocycles. The van der Waals surface area contributed by atoms with E-state index in [1.165, 1.54) is 18.3 Å². The molecular formula is C20H21ClN2O2S. The number of thiophene rings is 1. The van der Waals surface area contributed by atoms with Gasteiger partial charge in [0.1, 0.15) is 0 Å². The maximum absolute atomic E-state index is 13.0. The molecule has 1 aliphatic rings. The molecule has 0 radical (unpaired) electrons. The molecule has 0 aliphatic carbocycles. The Hall–Kier alpha value is -2.11. The van der Waals surface area contributed by atoms with Crippen molar-refractivity contribution in [3.05, 3.63) is 62.9 Å². The third kappa shape index (κ3) is 4.00. The van der Waals surface area contributed by atoms with Crippen molar-refractivity contribution in [1.29, 1.82) is 0 Å². The van der Waals surface area contributed by atoms with E-state index in [1.807, 2.05) is 49.4 Å². The lowest BCUT2D eigenvalue weighted by molar-refractivity contribution is -0.134. The van der Waals surface area contributed by atoms with Crippen LogP contribution >= 0.6 is 22.9 Å². The molecule has 2 aromatic rings. The number of carbonyl (C=O) groups is 2. The molecule has 2 heterocycles. The summed E-state index contributed by atoms with van der Waals surface area (Å²) in [5, 5.41) is 0. The Balaban J connectivity index is 1.80. The van der Waals surface area contributed by atoms with Crippen LogP contribution in [-0.4, -0.2) is 28.2 Å². The van der Waals surface area contributed by atoms with Crippen LogP contribution in [0.3, 0.4) is 0 Å². The van der Waals surface area contributed by atoms with Gasteiger partial charge in [0, 0.05) is 24.5 Å². The summed E-state index contributed by atoms with van der Waals surface area (Å²) in [6.45, 7) is 4.64. The van der Waals surface area contributed by atoms with E-state index < -0.39 is 0 Å². The fourth-order valence-electron chi connectivity index (χ4n) is 3.21. The molecule has 0 N–H and O–H groups in total. The Bertz CT molecular complexity index is 846. The van der Waals surface area contributed by atoms with Crippen LogP contribution in [0.2, 0.25) is 4.34 Å². The van der Waals surface area contributed by atoms with Gasteiger partial charge in [0.15, 0.2) is 0 Å². The second-order valence-electron chi connectivity index (χ2n) is 6.20. The maximum Gasteiger partial charge on any atom is 0.225 e. The molecule has 0 saturated carbocycles. The molecule has 4 nitrogen and oxygen atoms in total. The minimum atomic E-state index is -0.276. The summed E-state index contributed by atoms with van der Waals surface area (Å²) in [6.07, 6.45) is 3.95. The first-order chi connectivity index (χ1) is 12.5. The van der Waals surface area contributed by atoms with Crippen LogP contribution in [-0.2, 0) is 16.1 Å². The number of halogens is 1. The number of fused-ring (bicyclic) bond motifs is 1. The molecule has 136 valence electrons. The second kappa shape index (κ2) is 8.06. The number of amides is 2. The molecule has 1 aromatic heterocycles. The first-order valence-electron chi connectivity index (χ1n) is 8.57. The molecule has 0 saturated heterocycles. The van der Waals surface area contributed by atoms with Crippen LogP contribution in [0.1, 0.15) is 42.3 Å². The van der Waals surface area contributed by atoms with Crippen molar-refractivity contribution >= 4 is 40.8 Å². The molecule has 6 heteroatoms. The standard InChI is InChI=1S/C20H21ClN2O2S/c1-3-22(13-16-8-9-19(21)26-16)20(25)12-18-17-7-5-4-6-15(17)10-11-23(18)14(2)24/h4-11,18H,3,12-13H2,1-2H3/t18-/m0/s1. The molecule has 3 rings (SSSR count). The molecular weight excluding hydrogens is 368 g/mol. The van der Waals surface area contributed by atoms with Crippen molar-refractivity contribution in [2.75, 3.05) is 6.54 Å². The molecule has 0 fully saturated rings. The van der Waals surface area contributed by atoms with Gasteiger partial charge in [0.05, 0.1) is 23.3 Å². The SMILES string of the molecule is CCN(Cc1ccc(Cl)s1)C(=O)C[C@H]1c2ccccc2C=CN1C(C)=O. The zero-order valence-corrected chi connectivity index (χ0v) is 16.4. The largest absolute Gasteiger partial charge is 0.338 e. The van der Waals surface area contributed by atoms with Crippen LogP contribution in [0.5, 0.6) is 0 Å². The minimum absolute atomic E-state index is 0.0263. The second-order valence-corrected chi connectivity index (χ2v) is 8.00. The van der Waals surface area contributed by atoms with Gasteiger partial charge in [-0.2, -0.15) is 0 Å². The van der Waals surface area contributed by atoms with Crippen molar-refractivity contribution in [3.63, 3.8) is 0 Å². The molecule has 0 bridgehead atoms. The van der Waals surface area contributed by atoms with Crippen molar-refractivity contribution in [3.8, 4) is 0 Å². The summed E-state index contributed by atoms with van der Waals surface area (Å²) >= 11 is 7.48. The molecule has 1 aliphatic heterocycles. The van der Waals surface area contributed by atoms with Crippen molar-refractivity contribution in [2.24, 2.45) is 0 Å². The highest BCUT2D eigenvalue weighted by Crippen LogP contribution is 2.33. The van der Waals surface area contributed by atoms with Crippen molar-refractivity contribution in [2.45, 2.75) is 32.9 Å². The minimum Gasteiger partial charge on any atom is -0.338 e. The number of hydrogen-bond acceptors (Lipinski definition) is 3. The van der Waals surface area contributed by atoms with Gasteiger partial charge < -0.3 is 9.80 Å². The predicted octanol–water partition coefficient (Wildman–Crippen LogP) is 4.71. The molecule has 0 unspecified atom stereocenters.